The standard InChI is InChI=1S/C32H30ClF2N3O2S/c1-22-10-11-25-18-30-24(20-36-38(30)27-14-12-26(34)13-15-27)19-32(22,25)21-37(17-16-23-6-2-4-8-29(23)35)41(39,40)31-9-5-3-7-28(31)33/h2-9,12-15,18,20,22H,10-11,16-17,19,21H2,1H3/t22-,32-/m0/s1. The Bertz CT molecular complexity index is 1740. The third-order valence-electron chi connectivity index (χ3n) is 8.71. The highest BCUT2D eigenvalue weighted by Crippen LogP contribution is 2.54. The maximum atomic E-state index is 14.6. The molecule has 1 heterocycles. The van der Waals surface area contributed by atoms with Crippen LogP contribution in [0, 0.1) is 23.0 Å². The fraction of sp³-hybridized carbons (Fsp3) is 0.281. The third kappa shape index (κ3) is 5.02. The molecule has 2 atom stereocenters. The van der Waals surface area contributed by atoms with Crippen molar-refractivity contribution < 1.29 is 17.2 Å². The molecule has 212 valence electrons. The molecule has 0 spiro atoms. The molecule has 6 rings (SSSR count). The Morgan fingerprint density at radius 1 is 1.05 bits per heavy atom. The van der Waals surface area contributed by atoms with Crippen molar-refractivity contribution >= 4 is 27.7 Å². The van der Waals surface area contributed by atoms with Crippen molar-refractivity contribution in [2.75, 3.05) is 13.1 Å². The smallest absolute Gasteiger partial charge is 0.233 e. The first-order chi connectivity index (χ1) is 19.7. The van der Waals surface area contributed by atoms with E-state index < -0.39 is 15.4 Å². The van der Waals surface area contributed by atoms with Crippen molar-refractivity contribution in [1.82, 2.24) is 14.1 Å². The fourth-order valence-corrected chi connectivity index (χ4v) is 8.35. The van der Waals surface area contributed by atoms with Crippen LogP contribution in [0.5, 0.6) is 0 Å². The molecule has 2 aliphatic carbocycles. The van der Waals surface area contributed by atoms with Gasteiger partial charge in [0.25, 0.3) is 0 Å². The van der Waals surface area contributed by atoms with Crippen LogP contribution < -0.4 is 0 Å². The van der Waals surface area contributed by atoms with Crippen LogP contribution in [0.15, 0.2) is 89.5 Å². The molecule has 0 saturated heterocycles. The van der Waals surface area contributed by atoms with Crippen molar-refractivity contribution in [3.8, 4) is 5.69 Å². The Kier molecular flexibility index (Phi) is 7.34. The van der Waals surface area contributed by atoms with E-state index >= 15 is 0 Å². The molecule has 3 aromatic carbocycles. The van der Waals surface area contributed by atoms with Crippen LogP contribution in [0.1, 0.15) is 36.6 Å². The van der Waals surface area contributed by atoms with Crippen LogP contribution in [0.4, 0.5) is 8.78 Å². The van der Waals surface area contributed by atoms with Crippen molar-refractivity contribution in [1.29, 1.82) is 0 Å². The second-order valence-corrected chi connectivity index (χ2v) is 13.3. The molecule has 2 aliphatic rings. The van der Waals surface area contributed by atoms with Gasteiger partial charge in [-0.3, -0.25) is 0 Å². The highest BCUT2D eigenvalue weighted by molar-refractivity contribution is 7.89. The van der Waals surface area contributed by atoms with Crippen molar-refractivity contribution in [3.63, 3.8) is 0 Å². The molecule has 1 aromatic heterocycles. The normalized spacial score (nSPS) is 20.1. The molecule has 9 heteroatoms. The summed E-state index contributed by atoms with van der Waals surface area (Å²) in [5.41, 5.74) is 3.89. The van der Waals surface area contributed by atoms with E-state index in [0.717, 1.165) is 29.8 Å². The van der Waals surface area contributed by atoms with E-state index in [-0.39, 0.29) is 47.0 Å². The first-order valence-electron chi connectivity index (χ1n) is 13.7. The fourth-order valence-electron chi connectivity index (χ4n) is 6.34. The van der Waals surface area contributed by atoms with E-state index in [2.05, 4.69) is 18.1 Å². The minimum absolute atomic E-state index is 0.0448. The predicted octanol–water partition coefficient (Wildman–Crippen LogP) is 7.09. The maximum absolute atomic E-state index is 14.6. The minimum atomic E-state index is -4.01. The number of hydrogen-bond acceptors (Lipinski definition) is 3. The first-order valence-corrected chi connectivity index (χ1v) is 15.5. The number of aromatic nitrogens is 2. The Labute approximate surface area is 244 Å². The van der Waals surface area contributed by atoms with Crippen molar-refractivity contribution in [2.45, 2.75) is 37.5 Å². The van der Waals surface area contributed by atoms with Crippen molar-refractivity contribution in [3.05, 3.63) is 118 Å². The number of sulfonamides is 1. The molecule has 1 saturated carbocycles. The van der Waals surface area contributed by atoms with E-state index in [1.165, 1.54) is 34.1 Å². The van der Waals surface area contributed by atoms with Gasteiger partial charge in [0.1, 0.15) is 16.5 Å². The lowest BCUT2D eigenvalue weighted by molar-refractivity contribution is 0.199. The number of fused-ring (bicyclic) bond motifs is 2. The molecular formula is C32H30ClF2N3O2S. The molecule has 0 bridgehead atoms. The van der Waals surface area contributed by atoms with E-state index in [0.29, 0.717) is 12.0 Å². The topological polar surface area (TPSA) is 55.2 Å². The summed E-state index contributed by atoms with van der Waals surface area (Å²) in [4.78, 5) is 0.0448. The van der Waals surface area contributed by atoms with Gasteiger partial charge in [-0.1, -0.05) is 54.4 Å². The Morgan fingerprint density at radius 2 is 1.78 bits per heavy atom. The van der Waals surface area contributed by atoms with E-state index in [4.69, 9.17) is 11.6 Å². The minimum Gasteiger partial charge on any atom is -0.233 e. The Morgan fingerprint density at radius 3 is 2.54 bits per heavy atom. The largest absolute Gasteiger partial charge is 0.244 e. The lowest BCUT2D eigenvalue weighted by Crippen LogP contribution is -2.46. The number of nitrogens with zero attached hydrogens (tertiary/aromatic N) is 3. The molecule has 5 nitrogen and oxygen atoms in total. The molecule has 0 aliphatic heterocycles. The zero-order valence-electron chi connectivity index (χ0n) is 22.6. The van der Waals surface area contributed by atoms with Crippen LogP contribution in [-0.2, 0) is 22.9 Å². The molecule has 0 radical (unpaired) electrons. The molecule has 41 heavy (non-hydrogen) atoms. The third-order valence-corrected chi connectivity index (χ3v) is 11.1. The monoisotopic (exact) mass is 593 g/mol. The summed E-state index contributed by atoms with van der Waals surface area (Å²) in [7, 11) is -4.01. The lowest BCUT2D eigenvalue weighted by atomic mass is 9.68. The molecule has 1 fully saturated rings. The molecular weight excluding hydrogens is 564 g/mol. The number of rotatable bonds is 8. The summed E-state index contributed by atoms with van der Waals surface area (Å²) in [6.07, 6.45) is 6.56. The van der Waals surface area contributed by atoms with Crippen LogP contribution in [0.3, 0.4) is 0 Å². The molecule has 4 aromatic rings. The Hall–Kier alpha value is -3.33. The summed E-state index contributed by atoms with van der Waals surface area (Å²) in [5, 5.41) is 4.77. The number of benzene rings is 3. The number of halogens is 3. The quantitative estimate of drug-likeness (QED) is 0.219. The van der Waals surface area contributed by atoms with Gasteiger partial charge in [-0.15, -0.1) is 0 Å². The second-order valence-electron chi connectivity index (χ2n) is 11.0. The summed E-state index contributed by atoms with van der Waals surface area (Å²) < 4.78 is 59.8. The predicted molar refractivity (Wildman–Crippen MR) is 156 cm³/mol. The van der Waals surface area contributed by atoms with E-state index in [9.17, 15) is 17.2 Å². The maximum Gasteiger partial charge on any atom is 0.244 e. The second kappa shape index (κ2) is 10.8. The van der Waals surface area contributed by atoms with Crippen LogP contribution in [0.25, 0.3) is 11.8 Å². The molecule has 0 amide bonds. The van der Waals surface area contributed by atoms with Gasteiger partial charge in [0.05, 0.1) is 22.6 Å². The van der Waals surface area contributed by atoms with Crippen LogP contribution in [-0.4, -0.2) is 35.6 Å². The lowest BCUT2D eigenvalue weighted by Gasteiger charge is -2.41. The van der Waals surface area contributed by atoms with Crippen molar-refractivity contribution in [2.24, 2.45) is 11.3 Å². The average molecular weight is 594 g/mol. The zero-order valence-corrected chi connectivity index (χ0v) is 24.2. The van der Waals surface area contributed by atoms with Crippen LogP contribution in [0.2, 0.25) is 5.02 Å². The van der Waals surface area contributed by atoms with Gasteiger partial charge in [0.2, 0.25) is 10.0 Å². The van der Waals surface area contributed by atoms with Crippen LogP contribution >= 0.6 is 11.6 Å². The van der Waals surface area contributed by atoms with Gasteiger partial charge in [0.15, 0.2) is 0 Å². The van der Waals surface area contributed by atoms with Gasteiger partial charge in [-0.25, -0.2) is 21.9 Å². The highest BCUT2D eigenvalue weighted by Gasteiger charge is 2.49. The highest BCUT2D eigenvalue weighted by atomic mass is 35.5. The van der Waals surface area contributed by atoms with Gasteiger partial charge in [-0.2, -0.15) is 9.40 Å². The summed E-state index contributed by atoms with van der Waals surface area (Å²) >= 11 is 6.40. The summed E-state index contributed by atoms with van der Waals surface area (Å²) in [6.45, 7) is 2.52. The van der Waals surface area contributed by atoms with Gasteiger partial charge >= 0.3 is 0 Å². The van der Waals surface area contributed by atoms with Gasteiger partial charge in [-0.05, 0) is 91.3 Å². The number of hydrogen-bond donors (Lipinski definition) is 0. The SMILES string of the molecule is C[C@H]1CCC2=Cc3c(cnn3-c3ccc(F)cc3)C[C@@]21CN(CCc1ccccc1F)S(=O)(=O)c1ccccc1Cl. The Balaban J connectivity index is 1.39. The summed E-state index contributed by atoms with van der Waals surface area (Å²) in [5.74, 6) is -0.466. The van der Waals surface area contributed by atoms with E-state index in [1.807, 2.05) is 10.9 Å². The average Bonchev–Trinajstić information content (AvgIpc) is 3.51. The summed E-state index contributed by atoms with van der Waals surface area (Å²) in [6, 6.07) is 19.1. The zero-order chi connectivity index (χ0) is 28.8. The molecule has 0 N–H and O–H groups in total. The van der Waals surface area contributed by atoms with Gasteiger partial charge < -0.3 is 0 Å². The molecule has 0 unspecified atom stereocenters. The first kappa shape index (κ1) is 27.8. The van der Waals surface area contributed by atoms with E-state index in [1.54, 1.807) is 48.5 Å². The van der Waals surface area contributed by atoms with Gasteiger partial charge in [0, 0.05) is 18.5 Å².